The van der Waals surface area contributed by atoms with Crippen molar-refractivity contribution < 1.29 is 17.9 Å². The van der Waals surface area contributed by atoms with Crippen LogP contribution in [0.5, 0.6) is 11.5 Å². The molecule has 0 aliphatic carbocycles. The average molecular weight is 481 g/mol. The number of ether oxygens (including phenoxy) is 2. The molecule has 31 heavy (non-hydrogen) atoms. The molecule has 6 nitrogen and oxygen atoms in total. The van der Waals surface area contributed by atoms with E-state index in [1.807, 2.05) is 31.4 Å². The summed E-state index contributed by atoms with van der Waals surface area (Å²) in [4.78, 5) is 4.80. The number of methoxy groups -OCH3 is 1. The van der Waals surface area contributed by atoms with Gasteiger partial charge in [-0.15, -0.1) is 11.3 Å². The molecule has 0 aliphatic rings. The Morgan fingerprint density at radius 1 is 1.16 bits per heavy atom. The molecular formula is C22H25ClN2O4S2. The van der Waals surface area contributed by atoms with E-state index in [2.05, 4.69) is 4.98 Å². The molecule has 0 N–H and O–H groups in total. The van der Waals surface area contributed by atoms with Gasteiger partial charge < -0.3 is 9.47 Å². The van der Waals surface area contributed by atoms with Crippen LogP contribution in [-0.2, 0) is 23.2 Å². The second-order valence-electron chi connectivity index (χ2n) is 6.96. The maximum absolute atomic E-state index is 13.3. The quantitative estimate of drug-likeness (QED) is 0.390. The Morgan fingerprint density at radius 3 is 2.55 bits per heavy atom. The summed E-state index contributed by atoms with van der Waals surface area (Å²) in [7, 11) is -2.14. The van der Waals surface area contributed by atoms with Crippen LogP contribution >= 0.6 is 22.9 Å². The van der Waals surface area contributed by atoms with Crippen molar-refractivity contribution in [1.82, 2.24) is 9.29 Å². The van der Waals surface area contributed by atoms with Gasteiger partial charge in [0.2, 0.25) is 10.0 Å². The van der Waals surface area contributed by atoms with Crippen LogP contribution in [0, 0.1) is 0 Å². The van der Waals surface area contributed by atoms with Crippen molar-refractivity contribution in [2.75, 3.05) is 7.11 Å². The Labute approximate surface area is 192 Å². The number of hydrogen-bond donors (Lipinski definition) is 0. The zero-order valence-electron chi connectivity index (χ0n) is 17.6. The lowest BCUT2D eigenvalue weighted by atomic mass is 10.2. The summed E-state index contributed by atoms with van der Waals surface area (Å²) in [6, 6.07) is 13.4. The first-order valence-electron chi connectivity index (χ1n) is 9.81. The van der Waals surface area contributed by atoms with Crippen LogP contribution in [0.1, 0.15) is 31.0 Å². The molecule has 9 heteroatoms. The Hall–Kier alpha value is -2.13. The third-order valence-electron chi connectivity index (χ3n) is 4.82. The lowest BCUT2D eigenvalue weighted by molar-refractivity contribution is 0.302. The molecule has 0 saturated carbocycles. The second kappa shape index (κ2) is 10.5. The van der Waals surface area contributed by atoms with Crippen LogP contribution in [0.3, 0.4) is 0 Å². The Morgan fingerprint density at radius 2 is 1.90 bits per heavy atom. The van der Waals surface area contributed by atoms with Gasteiger partial charge in [0.05, 0.1) is 24.2 Å². The number of aromatic nitrogens is 1. The summed E-state index contributed by atoms with van der Waals surface area (Å²) >= 11 is 7.42. The predicted molar refractivity (Wildman–Crippen MR) is 123 cm³/mol. The topological polar surface area (TPSA) is 68.7 Å². The normalized spacial score (nSPS) is 12.7. The highest BCUT2D eigenvalue weighted by molar-refractivity contribution is 7.89. The van der Waals surface area contributed by atoms with Gasteiger partial charge in [0.15, 0.2) is 0 Å². The van der Waals surface area contributed by atoms with E-state index in [-0.39, 0.29) is 17.5 Å². The van der Waals surface area contributed by atoms with E-state index < -0.39 is 10.0 Å². The maximum atomic E-state index is 13.3. The van der Waals surface area contributed by atoms with E-state index >= 15 is 0 Å². The molecule has 0 saturated heterocycles. The maximum Gasteiger partial charge on any atom is 0.243 e. The van der Waals surface area contributed by atoms with Crippen LogP contribution in [0.2, 0.25) is 5.02 Å². The highest BCUT2D eigenvalue weighted by Crippen LogP contribution is 2.25. The van der Waals surface area contributed by atoms with Crippen molar-refractivity contribution >= 4 is 33.0 Å². The van der Waals surface area contributed by atoms with Crippen LogP contribution in [-0.4, -0.2) is 30.9 Å². The molecule has 0 spiro atoms. The molecule has 0 unspecified atom stereocenters. The number of benzene rings is 2. The van der Waals surface area contributed by atoms with Gasteiger partial charge in [-0.1, -0.05) is 24.6 Å². The van der Waals surface area contributed by atoms with E-state index in [0.717, 1.165) is 5.01 Å². The summed E-state index contributed by atoms with van der Waals surface area (Å²) in [5.41, 5.74) is 0.687. The molecule has 0 fully saturated rings. The summed E-state index contributed by atoms with van der Waals surface area (Å²) in [5.74, 6) is 1.27. The minimum Gasteiger partial charge on any atom is -0.497 e. The van der Waals surface area contributed by atoms with E-state index in [1.165, 1.54) is 15.6 Å². The molecule has 1 atom stereocenters. The number of sulfonamides is 1. The van der Waals surface area contributed by atoms with E-state index in [1.54, 1.807) is 43.5 Å². The first kappa shape index (κ1) is 23.5. The number of nitrogens with zero attached hydrogens (tertiary/aromatic N) is 2. The van der Waals surface area contributed by atoms with Crippen molar-refractivity contribution in [1.29, 1.82) is 0 Å². The van der Waals surface area contributed by atoms with Crippen molar-refractivity contribution in [3.63, 3.8) is 0 Å². The monoisotopic (exact) mass is 480 g/mol. The van der Waals surface area contributed by atoms with E-state index in [0.29, 0.717) is 35.2 Å². The van der Waals surface area contributed by atoms with Gasteiger partial charge in [-0.3, -0.25) is 0 Å². The van der Waals surface area contributed by atoms with Crippen molar-refractivity contribution in [3.8, 4) is 11.5 Å². The number of hydrogen-bond acceptors (Lipinski definition) is 6. The first-order valence-corrected chi connectivity index (χ1v) is 12.5. The van der Waals surface area contributed by atoms with Gasteiger partial charge in [0, 0.05) is 16.4 Å². The second-order valence-corrected chi connectivity index (χ2v) is 10.2. The highest BCUT2D eigenvalue weighted by atomic mass is 35.5. The number of thiazole rings is 1. The fraction of sp³-hybridized carbons (Fsp3) is 0.318. The third-order valence-corrected chi connectivity index (χ3v) is 7.90. The molecule has 0 amide bonds. The van der Waals surface area contributed by atoms with Crippen LogP contribution in [0.4, 0.5) is 0 Å². The fourth-order valence-electron chi connectivity index (χ4n) is 2.91. The Kier molecular flexibility index (Phi) is 7.94. The lowest BCUT2D eigenvalue weighted by Gasteiger charge is -2.27. The molecular weight excluding hydrogens is 456 g/mol. The Balaban J connectivity index is 1.75. The van der Waals surface area contributed by atoms with Gasteiger partial charge in [0.1, 0.15) is 23.1 Å². The summed E-state index contributed by atoms with van der Waals surface area (Å²) < 4.78 is 39.0. The Bertz CT molecular complexity index is 1100. The van der Waals surface area contributed by atoms with Gasteiger partial charge in [0.25, 0.3) is 0 Å². The van der Waals surface area contributed by atoms with Crippen molar-refractivity contribution in [2.24, 2.45) is 0 Å². The molecule has 166 valence electrons. The summed E-state index contributed by atoms with van der Waals surface area (Å²) in [6.45, 7) is 4.35. The minimum absolute atomic E-state index is 0.181. The molecule has 2 aromatic carbocycles. The molecule has 3 aromatic rings. The number of halogens is 1. The SMILES string of the molecule is CC[C@@H](C)N(Cc1csc(COc2cccc(Cl)c2)n1)S(=O)(=O)c1ccc(OC)cc1. The smallest absolute Gasteiger partial charge is 0.243 e. The van der Waals surface area contributed by atoms with E-state index in [9.17, 15) is 8.42 Å². The predicted octanol–water partition coefficient (Wildman–Crippen LogP) is 5.37. The van der Waals surface area contributed by atoms with Gasteiger partial charge >= 0.3 is 0 Å². The zero-order chi connectivity index (χ0) is 22.4. The van der Waals surface area contributed by atoms with Gasteiger partial charge in [-0.05, 0) is 55.8 Å². The largest absolute Gasteiger partial charge is 0.497 e. The summed E-state index contributed by atoms with van der Waals surface area (Å²) in [6.07, 6.45) is 0.685. The fourth-order valence-corrected chi connectivity index (χ4v) is 5.47. The van der Waals surface area contributed by atoms with Gasteiger partial charge in [-0.2, -0.15) is 4.31 Å². The van der Waals surface area contributed by atoms with Gasteiger partial charge in [-0.25, -0.2) is 13.4 Å². The summed E-state index contributed by atoms with van der Waals surface area (Å²) in [5, 5.41) is 3.24. The lowest BCUT2D eigenvalue weighted by Crippen LogP contribution is -2.37. The highest BCUT2D eigenvalue weighted by Gasteiger charge is 2.29. The molecule has 1 heterocycles. The first-order chi connectivity index (χ1) is 14.8. The van der Waals surface area contributed by atoms with Crippen LogP contribution in [0.25, 0.3) is 0 Å². The number of rotatable bonds is 10. The third kappa shape index (κ3) is 5.98. The zero-order valence-corrected chi connectivity index (χ0v) is 20.0. The molecule has 0 radical (unpaired) electrons. The molecule has 3 rings (SSSR count). The average Bonchev–Trinajstić information content (AvgIpc) is 3.23. The minimum atomic E-state index is -3.69. The standard InChI is InChI=1S/C22H25ClN2O4S2/c1-4-16(2)25(31(26,27)21-10-8-19(28-3)9-11-21)13-18-15-30-22(24-18)14-29-20-7-5-6-17(23)12-20/h5-12,15-16H,4,13-14H2,1-3H3/t16-/m1/s1. The van der Waals surface area contributed by atoms with Crippen LogP contribution in [0.15, 0.2) is 58.8 Å². The molecule has 1 aromatic heterocycles. The molecule has 0 bridgehead atoms. The molecule has 0 aliphatic heterocycles. The van der Waals surface area contributed by atoms with E-state index in [4.69, 9.17) is 21.1 Å². The van der Waals surface area contributed by atoms with Crippen molar-refractivity contribution in [3.05, 3.63) is 69.6 Å². The van der Waals surface area contributed by atoms with Crippen molar-refractivity contribution in [2.45, 2.75) is 44.4 Å². The van der Waals surface area contributed by atoms with Crippen LogP contribution < -0.4 is 9.47 Å².